The van der Waals surface area contributed by atoms with Gasteiger partial charge in [-0.15, -0.1) is 12.8 Å². The molecule has 1 aromatic heterocycles. The summed E-state index contributed by atoms with van der Waals surface area (Å²) in [5.41, 5.74) is 7.73. The first-order chi connectivity index (χ1) is 15.3. The lowest BCUT2D eigenvalue weighted by atomic mass is 9.93. The van der Waals surface area contributed by atoms with Gasteiger partial charge >= 0.3 is 0 Å². The largest absolute Gasteiger partial charge is 0.356 e. The second-order valence-electron chi connectivity index (χ2n) is 7.59. The van der Waals surface area contributed by atoms with Gasteiger partial charge in [-0.25, -0.2) is 4.98 Å². The number of carbonyl (C=O) groups is 1. The number of rotatable bonds is 8. The number of carbonyl (C=O) groups excluding carboxylic acids is 1. The fourth-order valence-electron chi connectivity index (χ4n) is 3.07. The summed E-state index contributed by atoms with van der Waals surface area (Å²) in [6.45, 7) is 17.1. The molecule has 1 fully saturated rings. The number of aryl methyl sites for hydroxylation is 1. The van der Waals surface area contributed by atoms with Gasteiger partial charge in [-0.05, 0) is 45.4 Å². The van der Waals surface area contributed by atoms with Crippen molar-refractivity contribution < 1.29 is 4.79 Å². The first-order valence-electron chi connectivity index (χ1n) is 12.3. The minimum atomic E-state index is 0.0706. The van der Waals surface area contributed by atoms with Crippen LogP contribution in [0.15, 0.2) is 6.20 Å². The maximum Gasteiger partial charge on any atom is 0.223 e. The SMILES string of the molecule is C#C.CC.CC.CC(=N)CC1CCCNC1=O.CCC(C)CCC[C@H](N)c1cnc(C)[nH]1. The Morgan fingerprint density at radius 2 is 1.88 bits per heavy atom. The van der Waals surface area contributed by atoms with Crippen molar-refractivity contribution in [3.8, 4) is 12.8 Å². The average molecular weight is 450 g/mol. The molecule has 0 radical (unpaired) electrons. The van der Waals surface area contributed by atoms with E-state index in [1.807, 2.05) is 40.8 Å². The molecule has 2 heterocycles. The van der Waals surface area contributed by atoms with E-state index in [-0.39, 0.29) is 17.9 Å². The third-order valence-corrected chi connectivity index (χ3v) is 4.98. The highest BCUT2D eigenvalue weighted by Crippen LogP contribution is 2.18. The molecule has 2 unspecified atom stereocenters. The highest BCUT2D eigenvalue weighted by molar-refractivity contribution is 5.87. The number of hydrogen-bond donors (Lipinski definition) is 4. The van der Waals surface area contributed by atoms with Crippen molar-refractivity contribution in [1.29, 1.82) is 5.41 Å². The van der Waals surface area contributed by atoms with Crippen molar-refractivity contribution in [3.63, 3.8) is 0 Å². The molecular formula is C26H51N5O. The van der Waals surface area contributed by atoms with Crippen LogP contribution in [0.3, 0.4) is 0 Å². The Hall–Kier alpha value is -2.13. The van der Waals surface area contributed by atoms with Crippen LogP contribution in [0.25, 0.3) is 0 Å². The van der Waals surface area contributed by atoms with Gasteiger partial charge in [0.15, 0.2) is 0 Å². The van der Waals surface area contributed by atoms with Crippen molar-refractivity contribution in [2.45, 2.75) is 106 Å². The van der Waals surface area contributed by atoms with Crippen molar-refractivity contribution in [2.75, 3.05) is 6.54 Å². The summed E-state index contributed by atoms with van der Waals surface area (Å²) in [4.78, 5) is 18.5. The molecule has 1 amide bonds. The van der Waals surface area contributed by atoms with Crippen LogP contribution >= 0.6 is 0 Å². The molecule has 0 aromatic carbocycles. The van der Waals surface area contributed by atoms with Crippen LogP contribution in [0.4, 0.5) is 0 Å². The van der Waals surface area contributed by atoms with Crippen LogP contribution in [0.2, 0.25) is 0 Å². The van der Waals surface area contributed by atoms with Crippen LogP contribution in [0.5, 0.6) is 0 Å². The molecule has 1 aliphatic heterocycles. The topological polar surface area (TPSA) is 108 Å². The zero-order valence-electron chi connectivity index (χ0n) is 22.1. The quantitative estimate of drug-likeness (QED) is 0.281. The standard InChI is InChI=1S/C12H23N3.C8H14N2O.2C2H6.C2H2/c1-4-9(2)6-5-7-11(13)12-8-14-10(3)15-12;1-6(9)5-7-3-2-4-10-8(7)11;3*1-2/h8-9,11H,4-7,13H2,1-3H3,(H,14,15);7,9H,2-5H2,1H3,(H,10,11);2*1-2H3;1-2H/t9?,11-;;;;/m0..../s1. The Morgan fingerprint density at radius 3 is 2.31 bits per heavy atom. The molecule has 1 aliphatic rings. The van der Waals surface area contributed by atoms with E-state index in [2.05, 4.69) is 42.0 Å². The van der Waals surface area contributed by atoms with Crippen LogP contribution in [-0.4, -0.2) is 28.1 Å². The van der Waals surface area contributed by atoms with E-state index in [1.54, 1.807) is 6.92 Å². The molecule has 1 saturated heterocycles. The Kier molecular flexibility index (Phi) is 25.4. The molecule has 3 atom stereocenters. The zero-order valence-corrected chi connectivity index (χ0v) is 22.1. The Bertz CT molecular complexity index is 594. The van der Waals surface area contributed by atoms with Crippen LogP contribution in [0, 0.1) is 37.0 Å². The predicted octanol–water partition coefficient (Wildman–Crippen LogP) is 6.18. The molecular weight excluding hydrogens is 398 g/mol. The minimum absolute atomic E-state index is 0.0706. The van der Waals surface area contributed by atoms with Crippen LogP contribution in [0.1, 0.15) is 111 Å². The predicted molar refractivity (Wildman–Crippen MR) is 140 cm³/mol. The number of H-pyrrole nitrogens is 1. The fourth-order valence-corrected chi connectivity index (χ4v) is 3.07. The molecule has 6 heteroatoms. The number of nitrogens with zero attached hydrogens (tertiary/aromatic N) is 1. The fraction of sp³-hybridized carbons (Fsp3) is 0.731. The van der Waals surface area contributed by atoms with Gasteiger partial charge in [0.2, 0.25) is 5.91 Å². The van der Waals surface area contributed by atoms with Gasteiger partial charge in [0.1, 0.15) is 5.82 Å². The van der Waals surface area contributed by atoms with E-state index in [9.17, 15) is 4.79 Å². The normalized spacial score (nSPS) is 16.0. The molecule has 0 bridgehead atoms. The van der Waals surface area contributed by atoms with Crippen LogP contribution < -0.4 is 11.1 Å². The first-order valence-corrected chi connectivity index (χ1v) is 12.3. The second-order valence-corrected chi connectivity index (χ2v) is 7.59. The Morgan fingerprint density at radius 1 is 1.28 bits per heavy atom. The van der Waals surface area contributed by atoms with Crippen LogP contribution in [-0.2, 0) is 4.79 Å². The van der Waals surface area contributed by atoms with Crippen molar-refractivity contribution in [3.05, 3.63) is 17.7 Å². The molecule has 0 saturated carbocycles. The summed E-state index contributed by atoms with van der Waals surface area (Å²) in [7, 11) is 0. The number of imidazole rings is 1. The zero-order chi connectivity index (χ0) is 25.5. The monoisotopic (exact) mass is 449 g/mol. The lowest BCUT2D eigenvalue weighted by molar-refractivity contribution is -0.126. The highest BCUT2D eigenvalue weighted by Gasteiger charge is 2.21. The first kappa shape index (κ1) is 34.5. The Labute approximate surface area is 198 Å². The highest BCUT2D eigenvalue weighted by atomic mass is 16.1. The lowest BCUT2D eigenvalue weighted by Crippen LogP contribution is -2.37. The van der Waals surface area contributed by atoms with E-state index in [1.165, 1.54) is 19.3 Å². The third kappa shape index (κ3) is 17.5. The molecule has 1 aromatic rings. The smallest absolute Gasteiger partial charge is 0.223 e. The van der Waals surface area contributed by atoms with E-state index < -0.39 is 0 Å². The van der Waals surface area contributed by atoms with Gasteiger partial charge in [0.25, 0.3) is 0 Å². The lowest BCUT2D eigenvalue weighted by Gasteiger charge is -2.20. The van der Waals surface area contributed by atoms with Crippen molar-refractivity contribution in [2.24, 2.45) is 17.6 Å². The maximum atomic E-state index is 11.1. The molecule has 0 aliphatic carbocycles. The molecule has 5 N–H and O–H groups in total. The number of nitrogens with two attached hydrogens (primary N) is 1. The van der Waals surface area contributed by atoms with Gasteiger partial charge in [0, 0.05) is 30.4 Å². The summed E-state index contributed by atoms with van der Waals surface area (Å²) < 4.78 is 0. The number of nitrogens with one attached hydrogen (secondary N) is 3. The van der Waals surface area contributed by atoms with Gasteiger partial charge in [-0.3, -0.25) is 4.79 Å². The molecule has 32 heavy (non-hydrogen) atoms. The van der Waals surface area contributed by atoms with Crippen molar-refractivity contribution in [1.82, 2.24) is 15.3 Å². The van der Waals surface area contributed by atoms with Gasteiger partial charge in [-0.2, -0.15) is 0 Å². The minimum Gasteiger partial charge on any atom is -0.356 e. The van der Waals surface area contributed by atoms with Gasteiger partial charge in [0.05, 0.1) is 5.69 Å². The summed E-state index contributed by atoms with van der Waals surface area (Å²) in [5.74, 6) is 1.96. The van der Waals surface area contributed by atoms with Gasteiger partial charge in [-0.1, -0.05) is 60.8 Å². The summed E-state index contributed by atoms with van der Waals surface area (Å²) in [5, 5.41) is 10.0. The molecule has 6 nitrogen and oxygen atoms in total. The number of terminal acetylenes is 1. The number of amides is 1. The Balaban J connectivity index is -0.000000437. The average Bonchev–Trinajstić information content (AvgIpc) is 3.26. The summed E-state index contributed by atoms with van der Waals surface area (Å²) in [6, 6.07) is 0.121. The second kappa shape index (κ2) is 23.5. The molecule has 0 spiro atoms. The van der Waals surface area contributed by atoms with Crippen molar-refractivity contribution >= 4 is 11.6 Å². The van der Waals surface area contributed by atoms with E-state index in [0.29, 0.717) is 12.1 Å². The number of aromatic amines is 1. The third-order valence-electron chi connectivity index (χ3n) is 4.98. The van der Waals surface area contributed by atoms with Gasteiger partial charge < -0.3 is 21.4 Å². The van der Waals surface area contributed by atoms with E-state index in [4.69, 9.17) is 11.1 Å². The number of hydrogen-bond acceptors (Lipinski definition) is 4. The molecule has 186 valence electrons. The summed E-state index contributed by atoms with van der Waals surface area (Å²) in [6.07, 6.45) is 17.3. The number of aromatic nitrogens is 2. The maximum absolute atomic E-state index is 11.1. The van der Waals surface area contributed by atoms with E-state index >= 15 is 0 Å². The number of piperidine rings is 1. The summed E-state index contributed by atoms with van der Waals surface area (Å²) >= 11 is 0. The van der Waals surface area contributed by atoms with E-state index in [0.717, 1.165) is 43.2 Å². The molecule has 2 rings (SSSR count).